The van der Waals surface area contributed by atoms with Crippen molar-refractivity contribution in [3.63, 3.8) is 0 Å². The van der Waals surface area contributed by atoms with Crippen LogP contribution in [-0.2, 0) is 0 Å². The number of methoxy groups -OCH3 is 2. The lowest BCUT2D eigenvalue weighted by Crippen LogP contribution is -2.43. The van der Waals surface area contributed by atoms with E-state index in [2.05, 4.69) is 55.8 Å². The highest BCUT2D eigenvalue weighted by atomic mass is 79.9. The number of benzene rings is 1. The van der Waals surface area contributed by atoms with Gasteiger partial charge in [-0.3, -0.25) is 0 Å². The van der Waals surface area contributed by atoms with Gasteiger partial charge in [0, 0.05) is 10.4 Å². The first-order valence-electron chi connectivity index (χ1n) is 9.96. The van der Waals surface area contributed by atoms with Gasteiger partial charge in [0.05, 0.1) is 20.3 Å². The quantitative estimate of drug-likeness (QED) is 0.582. The van der Waals surface area contributed by atoms with Crippen LogP contribution in [0.15, 0.2) is 28.3 Å². The average Bonchev–Trinajstić information content (AvgIpc) is 2.70. The maximum absolute atomic E-state index is 11.4. The van der Waals surface area contributed by atoms with Crippen LogP contribution < -0.4 is 9.47 Å². The Morgan fingerprint density at radius 1 is 1.07 bits per heavy atom. The summed E-state index contributed by atoms with van der Waals surface area (Å²) in [6.07, 6.45) is 6.44. The second-order valence-electron chi connectivity index (χ2n) is 9.18. The van der Waals surface area contributed by atoms with Gasteiger partial charge in [-0.2, -0.15) is 0 Å². The maximum Gasteiger partial charge on any atom is 0.161 e. The molecule has 2 aliphatic rings. The molecule has 4 atom stereocenters. The van der Waals surface area contributed by atoms with Gasteiger partial charge in [0.15, 0.2) is 11.5 Å². The highest BCUT2D eigenvalue weighted by Gasteiger charge is 2.51. The van der Waals surface area contributed by atoms with Crippen molar-refractivity contribution in [3.8, 4) is 11.5 Å². The van der Waals surface area contributed by atoms with Crippen LogP contribution in [0.3, 0.4) is 0 Å². The zero-order valence-corrected chi connectivity index (χ0v) is 19.0. The van der Waals surface area contributed by atoms with Crippen molar-refractivity contribution in [2.75, 3.05) is 14.2 Å². The van der Waals surface area contributed by atoms with Crippen molar-refractivity contribution in [2.45, 2.75) is 65.4 Å². The van der Waals surface area contributed by atoms with E-state index in [1.165, 1.54) is 18.4 Å². The number of halogens is 1. The van der Waals surface area contributed by atoms with Crippen molar-refractivity contribution in [1.29, 1.82) is 0 Å². The minimum Gasteiger partial charge on any atom is -0.493 e. The van der Waals surface area contributed by atoms with E-state index in [0.717, 1.165) is 22.9 Å². The number of aliphatic hydroxyl groups excluding tert-OH is 1. The van der Waals surface area contributed by atoms with Crippen LogP contribution in [0.25, 0.3) is 0 Å². The maximum atomic E-state index is 11.4. The van der Waals surface area contributed by atoms with Gasteiger partial charge in [-0.1, -0.05) is 61.7 Å². The predicted molar refractivity (Wildman–Crippen MR) is 114 cm³/mol. The van der Waals surface area contributed by atoms with Crippen LogP contribution >= 0.6 is 15.9 Å². The van der Waals surface area contributed by atoms with Gasteiger partial charge in [-0.25, -0.2) is 0 Å². The Morgan fingerprint density at radius 3 is 2.33 bits per heavy atom. The Bertz CT molecular complexity index is 739. The Kier molecular flexibility index (Phi) is 5.71. The fourth-order valence-corrected chi connectivity index (χ4v) is 6.13. The molecule has 0 spiro atoms. The molecule has 27 heavy (non-hydrogen) atoms. The molecule has 0 amide bonds. The molecule has 0 aromatic heterocycles. The first-order chi connectivity index (χ1) is 12.7. The van der Waals surface area contributed by atoms with E-state index in [1.807, 2.05) is 6.07 Å². The molecule has 1 aromatic carbocycles. The summed E-state index contributed by atoms with van der Waals surface area (Å²) in [7, 11) is 3.32. The van der Waals surface area contributed by atoms with Gasteiger partial charge < -0.3 is 14.6 Å². The molecular weight excluding hydrogens is 404 g/mol. The lowest BCUT2D eigenvalue weighted by Gasteiger charge is -2.51. The Morgan fingerprint density at radius 2 is 1.70 bits per heavy atom. The van der Waals surface area contributed by atoms with E-state index >= 15 is 0 Å². The number of ether oxygens (including phenoxy) is 2. The third-order valence-corrected chi connectivity index (χ3v) is 7.67. The molecule has 3 rings (SSSR count). The summed E-state index contributed by atoms with van der Waals surface area (Å²) >= 11 is 3.76. The predicted octanol–water partition coefficient (Wildman–Crippen LogP) is 6.09. The van der Waals surface area contributed by atoms with Crippen molar-refractivity contribution in [1.82, 2.24) is 0 Å². The van der Waals surface area contributed by atoms with E-state index < -0.39 is 6.10 Å². The summed E-state index contributed by atoms with van der Waals surface area (Å²) in [5, 5.41) is 11.4. The summed E-state index contributed by atoms with van der Waals surface area (Å²) in [5.74, 6) is 1.63. The van der Waals surface area contributed by atoms with Crippen molar-refractivity contribution in [3.05, 3.63) is 33.8 Å². The molecule has 0 aliphatic heterocycles. The zero-order valence-electron chi connectivity index (χ0n) is 17.4. The summed E-state index contributed by atoms with van der Waals surface area (Å²) in [4.78, 5) is 0. The number of fused-ring (bicyclic) bond motifs is 1. The summed E-state index contributed by atoms with van der Waals surface area (Å²) in [6.45, 7) is 9.24. The minimum atomic E-state index is -0.410. The van der Waals surface area contributed by atoms with Crippen LogP contribution in [0.1, 0.15) is 64.9 Å². The van der Waals surface area contributed by atoms with Crippen LogP contribution in [0.2, 0.25) is 0 Å². The lowest BCUT2D eigenvalue weighted by atomic mass is 9.54. The molecule has 0 saturated heterocycles. The molecular formula is C23H33BrO3. The third kappa shape index (κ3) is 3.44. The van der Waals surface area contributed by atoms with Crippen molar-refractivity contribution in [2.24, 2.45) is 16.7 Å². The summed E-state index contributed by atoms with van der Waals surface area (Å²) in [6, 6.07) is 4.02. The van der Waals surface area contributed by atoms with E-state index in [4.69, 9.17) is 9.47 Å². The third-order valence-electron chi connectivity index (χ3n) is 6.98. The minimum absolute atomic E-state index is 0.00926. The molecule has 0 radical (unpaired) electrons. The molecule has 1 saturated carbocycles. The van der Waals surface area contributed by atoms with Crippen LogP contribution in [0.5, 0.6) is 11.5 Å². The van der Waals surface area contributed by atoms with Gasteiger partial charge >= 0.3 is 0 Å². The van der Waals surface area contributed by atoms with E-state index in [-0.39, 0.29) is 22.7 Å². The Balaban J connectivity index is 2.21. The van der Waals surface area contributed by atoms with Gasteiger partial charge in [-0.15, -0.1) is 0 Å². The fraction of sp³-hybridized carbons (Fsp3) is 0.652. The molecule has 150 valence electrons. The number of hydrogen-bond acceptors (Lipinski definition) is 3. The normalized spacial score (nSPS) is 32.9. The first kappa shape index (κ1) is 20.7. The molecule has 1 aromatic rings. The van der Waals surface area contributed by atoms with E-state index in [0.29, 0.717) is 11.5 Å². The van der Waals surface area contributed by atoms with E-state index in [1.54, 1.807) is 14.2 Å². The summed E-state index contributed by atoms with van der Waals surface area (Å²) < 4.78 is 12.0. The fourth-order valence-electron chi connectivity index (χ4n) is 5.56. The number of hydrogen-bond donors (Lipinski definition) is 1. The largest absolute Gasteiger partial charge is 0.493 e. The van der Waals surface area contributed by atoms with Crippen molar-refractivity contribution < 1.29 is 14.6 Å². The Hall–Kier alpha value is -1.00. The highest BCUT2D eigenvalue weighted by molar-refractivity contribution is 9.10. The van der Waals surface area contributed by atoms with Gasteiger partial charge in [-0.05, 0) is 53.7 Å². The molecule has 2 aliphatic carbocycles. The van der Waals surface area contributed by atoms with Crippen LogP contribution in [0.4, 0.5) is 0 Å². The smallest absolute Gasteiger partial charge is 0.161 e. The second kappa shape index (κ2) is 7.44. The molecule has 4 heteroatoms. The van der Waals surface area contributed by atoms with Gasteiger partial charge in [0.2, 0.25) is 0 Å². The molecule has 0 bridgehead atoms. The first-order valence-corrected chi connectivity index (χ1v) is 10.8. The summed E-state index contributed by atoms with van der Waals surface area (Å²) in [5.41, 5.74) is 2.71. The molecule has 0 heterocycles. The lowest BCUT2D eigenvalue weighted by molar-refractivity contribution is 0.0333. The molecule has 1 fully saturated rings. The van der Waals surface area contributed by atoms with Gasteiger partial charge in [0.25, 0.3) is 0 Å². The number of aliphatic hydroxyl groups is 1. The highest BCUT2D eigenvalue weighted by Crippen LogP contribution is 2.61. The molecule has 2 unspecified atom stereocenters. The van der Waals surface area contributed by atoms with Crippen molar-refractivity contribution >= 4 is 15.9 Å². The molecule has 3 nitrogen and oxygen atoms in total. The number of rotatable bonds is 3. The Labute approximate surface area is 172 Å². The molecule has 1 N–H and O–H groups in total. The zero-order chi connectivity index (χ0) is 20.0. The average molecular weight is 437 g/mol. The van der Waals surface area contributed by atoms with Gasteiger partial charge in [0.1, 0.15) is 0 Å². The monoisotopic (exact) mass is 436 g/mol. The SMILES string of the molecule is COc1cc(Br)c(C2C(O)[C@H](C)CC=C3C(C)(C)CCC[C@@]32C)cc1OC. The second-order valence-corrected chi connectivity index (χ2v) is 10.0. The van der Waals surface area contributed by atoms with E-state index in [9.17, 15) is 5.11 Å². The standard InChI is InChI=1S/C23H33BrO3/c1-14-8-9-19-22(2,3)10-7-11-23(19,4)20(21(14)25)15-12-17(26-5)18(27-6)13-16(15)24/h9,12-14,20-21,25H,7-8,10-11H2,1-6H3/t14-,20?,21?,23+/m1/s1. The van der Waals surface area contributed by atoms with Crippen LogP contribution in [0, 0.1) is 16.7 Å². The topological polar surface area (TPSA) is 38.7 Å². The number of allylic oxidation sites excluding steroid dienone is 2. The van der Waals surface area contributed by atoms with Crippen LogP contribution in [-0.4, -0.2) is 25.4 Å².